The Bertz CT molecular complexity index is 474. The molecule has 0 aromatic carbocycles. The first-order valence-electron chi connectivity index (χ1n) is 8.66. The quantitative estimate of drug-likeness (QED) is 0.549. The van der Waals surface area contributed by atoms with Crippen molar-refractivity contribution in [2.24, 2.45) is 5.92 Å². The normalized spacial score (nSPS) is 42.1. The highest BCUT2D eigenvalue weighted by Gasteiger charge is 2.56. The van der Waals surface area contributed by atoms with Gasteiger partial charge in [-0.1, -0.05) is 35.5 Å². The van der Waals surface area contributed by atoms with Crippen molar-refractivity contribution in [2.75, 3.05) is 0 Å². The molecule has 1 N–H and O–H groups in total. The van der Waals surface area contributed by atoms with Crippen LogP contribution in [0.2, 0.25) is 0 Å². The summed E-state index contributed by atoms with van der Waals surface area (Å²) < 4.78 is 5.90. The highest BCUT2D eigenvalue weighted by atomic mass is 16.6. The molecule has 0 radical (unpaired) electrons. The van der Waals surface area contributed by atoms with Crippen LogP contribution in [0.4, 0.5) is 0 Å². The first-order valence-corrected chi connectivity index (χ1v) is 8.66. The van der Waals surface area contributed by atoms with E-state index in [2.05, 4.69) is 39.5 Å². The minimum absolute atomic E-state index is 0.0323. The predicted molar refractivity (Wildman–Crippen MR) is 92.8 cm³/mol. The second-order valence-electron chi connectivity index (χ2n) is 7.51. The van der Waals surface area contributed by atoms with Gasteiger partial charge in [0.05, 0.1) is 11.7 Å². The molecule has 1 aliphatic heterocycles. The summed E-state index contributed by atoms with van der Waals surface area (Å²) in [5.41, 5.74) is 3.80. The smallest absolute Gasteiger partial charge is 0.113 e. The maximum Gasteiger partial charge on any atom is 0.113 e. The van der Waals surface area contributed by atoms with Crippen LogP contribution >= 0.6 is 0 Å². The number of rotatable bonds is 1. The van der Waals surface area contributed by atoms with Crippen molar-refractivity contribution in [3.05, 3.63) is 35.5 Å². The molecule has 1 aliphatic carbocycles. The lowest BCUT2D eigenvalue weighted by atomic mass is 9.84. The monoisotopic (exact) mass is 304 g/mol. The van der Waals surface area contributed by atoms with Crippen LogP contribution < -0.4 is 0 Å². The molecule has 2 rings (SSSR count). The van der Waals surface area contributed by atoms with Gasteiger partial charge in [0, 0.05) is 5.92 Å². The molecule has 0 aromatic heterocycles. The Hall–Kier alpha value is -0.860. The largest absolute Gasteiger partial charge is 0.390 e. The van der Waals surface area contributed by atoms with E-state index in [0.29, 0.717) is 0 Å². The molecule has 124 valence electrons. The second-order valence-corrected chi connectivity index (χ2v) is 7.51. The first kappa shape index (κ1) is 17.5. The highest BCUT2D eigenvalue weighted by molar-refractivity contribution is 5.13. The van der Waals surface area contributed by atoms with Gasteiger partial charge in [-0.05, 0) is 66.2 Å². The van der Waals surface area contributed by atoms with Crippen molar-refractivity contribution < 1.29 is 9.84 Å². The fourth-order valence-corrected chi connectivity index (χ4v) is 3.55. The van der Waals surface area contributed by atoms with E-state index in [1.54, 1.807) is 0 Å². The molecule has 0 saturated carbocycles. The van der Waals surface area contributed by atoms with Gasteiger partial charge in [-0.3, -0.25) is 0 Å². The van der Waals surface area contributed by atoms with Crippen molar-refractivity contribution in [1.82, 2.24) is 0 Å². The van der Waals surface area contributed by atoms with Crippen LogP contribution in [0, 0.1) is 5.92 Å². The number of fused-ring (bicyclic) bond motifs is 1. The number of ether oxygens (including phenoxy) is 1. The van der Waals surface area contributed by atoms with Crippen LogP contribution in [0.1, 0.15) is 66.2 Å². The molecular weight excluding hydrogens is 272 g/mol. The van der Waals surface area contributed by atoms with Crippen LogP contribution in [-0.2, 0) is 4.74 Å². The zero-order valence-corrected chi connectivity index (χ0v) is 14.7. The molecule has 1 heterocycles. The fourth-order valence-electron chi connectivity index (χ4n) is 3.55. The van der Waals surface area contributed by atoms with E-state index in [-0.39, 0.29) is 17.6 Å². The topological polar surface area (TPSA) is 32.8 Å². The number of hydrogen-bond donors (Lipinski definition) is 1. The van der Waals surface area contributed by atoms with Gasteiger partial charge in [0.1, 0.15) is 6.10 Å². The van der Waals surface area contributed by atoms with Crippen LogP contribution in [0.3, 0.4) is 0 Å². The third-order valence-electron chi connectivity index (χ3n) is 5.31. The van der Waals surface area contributed by atoms with E-state index in [0.717, 1.165) is 44.1 Å². The SMILES string of the molecule is C=C(C)C1CC/C(C)=C/CC/C(C)=C/CC[C@@]2(C)O[C@@H]2[C@H]1O. The summed E-state index contributed by atoms with van der Waals surface area (Å²) in [6.45, 7) is 12.7. The van der Waals surface area contributed by atoms with Gasteiger partial charge in [-0.2, -0.15) is 0 Å². The molecule has 2 heteroatoms. The predicted octanol–water partition coefficient (Wildman–Crippen LogP) is 4.94. The number of aliphatic hydroxyl groups excluding tert-OH is 1. The summed E-state index contributed by atoms with van der Waals surface area (Å²) >= 11 is 0. The van der Waals surface area contributed by atoms with Gasteiger partial charge in [-0.25, -0.2) is 0 Å². The van der Waals surface area contributed by atoms with Gasteiger partial charge in [0.2, 0.25) is 0 Å². The minimum atomic E-state index is -0.427. The Balaban J connectivity index is 2.13. The van der Waals surface area contributed by atoms with Crippen LogP contribution in [-0.4, -0.2) is 22.9 Å². The second kappa shape index (κ2) is 7.14. The highest BCUT2D eigenvalue weighted by Crippen LogP contribution is 2.45. The molecule has 0 aromatic rings. The van der Waals surface area contributed by atoms with Crippen molar-refractivity contribution in [3.8, 4) is 0 Å². The van der Waals surface area contributed by atoms with E-state index >= 15 is 0 Å². The lowest BCUT2D eigenvalue weighted by Crippen LogP contribution is -2.31. The summed E-state index contributed by atoms with van der Waals surface area (Å²) in [6, 6.07) is 0. The lowest BCUT2D eigenvalue weighted by molar-refractivity contribution is 0.0882. The van der Waals surface area contributed by atoms with Crippen molar-refractivity contribution in [1.29, 1.82) is 0 Å². The van der Waals surface area contributed by atoms with Crippen LogP contribution in [0.15, 0.2) is 35.5 Å². The maximum absolute atomic E-state index is 10.7. The average molecular weight is 304 g/mol. The van der Waals surface area contributed by atoms with E-state index in [4.69, 9.17) is 4.74 Å². The van der Waals surface area contributed by atoms with Gasteiger partial charge in [0.25, 0.3) is 0 Å². The summed E-state index contributed by atoms with van der Waals surface area (Å²) in [7, 11) is 0. The van der Waals surface area contributed by atoms with E-state index < -0.39 is 6.10 Å². The molecule has 0 spiro atoms. The number of hydrogen-bond acceptors (Lipinski definition) is 2. The first-order chi connectivity index (χ1) is 10.3. The minimum Gasteiger partial charge on any atom is -0.390 e. The number of epoxide rings is 1. The Labute approximate surface area is 136 Å². The molecule has 1 fully saturated rings. The third-order valence-corrected chi connectivity index (χ3v) is 5.31. The summed E-state index contributed by atoms with van der Waals surface area (Å²) in [5.74, 6) is 0.135. The van der Waals surface area contributed by atoms with Crippen LogP contribution in [0.25, 0.3) is 0 Å². The Kier molecular flexibility index (Phi) is 5.68. The Morgan fingerprint density at radius 1 is 1.23 bits per heavy atom. The van der Waals surface area contributed by atoms with E-state index in [9.17, 15) is 5.11 Å². The van der Waals surface area contributed by atoms with E-state index in [1.165, 1.54) is 11.1 Å². The number of allylic oxidation sites excluding steroid dienone is 4. The van der Waals surface area contributed by atoms with Gasteiger partial charge >= 0.3 is 0 Å². The zero-order chi connectivity index (χ0) is 16.3. The third kappa shape index (κ3) is 4.33. The standard InChI is InChI=1S/C20H32O2/c1-14(2)17-12-11-16(4)9-6-8-15(3)10-7-13-20(5)19(22-20)18(17)21/h9-10,17-19,21H,1,6-8,11-13H2,2-5H3/b15-10+,16-9+/t17?,18-,19+,20+/m0/s1. The molecule has 1 saturated heterocycles. The molecule has 0 amide bonds. The maximum atomic E-state index is 10.7. The van der Waals surface area contributed by atoms with Gasteiger partial charge < -0.3 is 9.84 Å². The Morgan fingerprint density at radius 3 is 2.55 bits per heavy atom. The summed E-state index contributed by atoms with van der Waals surface area (Å²) in [4.78, 5) is 0. The molecule has 4 atom stereocenters. The van der Waals surface area contributed by atoms with Gasteiger partial charge in [-0.15, -0.1) is 0 Å². The molecule has 2 nitrogen and oxygen atoms in total. The molecule has 1 unspecified atom stereocenters. The number of aliphatic hydroxyl groups is 1. The van der Waals surface area contributed by atoms with Gasteiger partial charge in [0.15, 0.2) is 0 Å². The van der Waals surface area contributed by atoms with Crippen molar-refractivity contribution in [2.45, 2.75) is 84.0 Å². The zero-order valence-electron chi connectivity index (χ0n) is 14.7. The molecule has 0 bridgehead atoms. The van der Waals surface area contributed by atoms with Crippen molar-refractivity contribution in [3.63, 3.8) is 0 Å². The summed E-state index contributed by atoms with van der Waals surface area (Å²) in [5, 5.41) is 10.7. The van der Waals surface area contributed by atoms with Crippen molar-refractivity contribution >= 4 is 0 Å². The molecule has 2 aliphatic rings. The Morgan fingerprint density at radius 2 is 1.86 bits per heavy atom. The van der Waals surface area contributed by atoms with Crippen LogP contribution in [0.5, 0.6) is 0 Å². The van der Waals surface area contributed by atoms with E-state index in [1.807, 2.05) is 6.92 Å². The molecular formula is C20H32O2. The fraction of sp³-hybridized carbons (Fsp3) is 0.700. The summed E-state index contributed by atoms with van der Waals surface area (Å²) in [6.07, 6.45) is 10.5. The molecule has 22 heavy (non-hydrogen) atoms. The lowest BCUT2D eigenvalue weighted by Gasteiger charge is -2.23. The average Bonchev–Trinajstić information content (AvgIpc) is 3.09.